The van der Waals surface area contributed by atoms with Crippen molar-refractivity contribution in [3.8, 4) is 0 Å². The van der Waals surface area contributed by atoms with E-state index in [4.69, 9.17) is 11.6 Å². The summed E-state index contributed by atoms with van der Waals surface area (Å²) in [4.78, 5) is 0.320. The zero-order valence-corrected chi connectivity index (χ0v) is 11.3. The summed E-state index contributed by atoms with van der Waals surface area (Å²) in [6.45, 7) is 2.82. The molecule has 3 nitrogen and oxygen atoms in total. The maximum atomic E-state index is 12.4. The summed E-state index contributed by atoms with van der Waals surface area (Å²) in [5, 5.41) is 0.493. The average molecular weight is 273 g/mol. The fourth-order valence-electron chi connectivity index (χ4n) is 1.96. The molecule has 0 spiro atoms. The highest BCUT2D eigenvalue weighted by atomic mass is 35.5. The normalized spacial score (nSPS) is 18.2. The third kappa shape index (κ3) is 2.49. The molecule has 1 aromatic rings. The van der Waals surface area contributed by atoms with Crippen LogP contribution in [0.4, 0.5) is 0 Å². The van der Waals surface area contributed by atoms with Crippen molar-refractivity contribution in [3.63, 3.8) is 0 Å². The molecule has 0 unspecified atom stereocenters. The minimum absolute atomic E-state index is 0.320. The molecule has 1 aromatic carbocycles. The van der Waals surface area contributed by atoms with Crippen LogP contribution in [0, 0.1) is 13.3 Å². The van der Waals surface area contributed by atoms with Crippen molar-refractivity contribution in [2.45, 2.75) is 24.7 Å². The number of halogens is 1. The quantitative estimate of drug-likeness (QED) is 0.830. The highest BCUT2D eigenvalue weighted by Crippen LogP contribution is 2.26. The number of piperidine rings is 1. The topological polar surface area (TPSA) is 37.4 Å². The maximum absolute atomic E-state index is 12.4. The summed E-state index contributed by atoms with van der Waals surface area (Å²) in [6.07, 6.45) is 3.88. The number of rotatable bonds is 2. The van der Waals surface area contributed by atoms with E-state index in [0.717, 1.165) is 12.8 Å². The third-order valence-corrected chi connectivity index (χ3v) is 5.40. The minimum atomic E-state index is -3.40. The van der Waals surface area contributed by atoms with Crippen molar-refractivity contribution in [2.24, 2.45) is 0 Å². The van der Waals surface area contributed by atoms with E-state index in [1.54, 1.807) is 25.1 Å². The van der Waals surface area contributed by atoms with Gasteiger partial charge in [0, 0.05) is 18.1 Å². The molecule has 1 heterocycles. The van der Waals surface area contributed by atoms with Gasteiger partial charge in [0.15, 0.2) is 0 Å². The molecule has 0 aromatic heterocycles. The fraction of sp³-hybridized carbons (Fsp3) is 0.417. The minimum Gasteiger partial charge on any atom is -0.207 e. The van der Waals surface area contributed by atoms with Crippen molar-refractivity contribution in [1.82, 2.24) is 4.31 Å². The molecule has 2 rings (SSSR count). The van der Waals surface area contributed by atoms with Gasteiger partial charge < -0.3 is 0 Å². The van der Waals surface area contributed by atoms with Gasteiger partial charge in [0.2, 0.25) is 10.0 Å². The van der Waals surface area contributed by atoms with E-state index in [2.05, 4.69) is 0 Å². The van der Waals surface area contributed by atoms with Crippen LogP contribution in [0.2, 0.25) is 5.02 Å². The van der Waals surface area contributed by atoms with Crippen LogP contribution >= 0.6 is 11.6 Å². The molecule has 1 aliphatic rings. The molecule has 0 atom stereocenters. The molecule has 17 heavy (non-hydrogen) atoms. The second-order valence-corrected chi connectivity index (χ2v) is 6.47. The van der Waals surface area contributed by atoms with Gasteiger partial charge in [0.1, 0.15) is 0 Å². The van der Waals surface area contributed by atoms with Crippen LogP contribution in [0.15, 0.2) is 23.1 Å². The largest absolute Gasteiger partial charge is 0.243 e. The van der Waals surface area contributed by atoms with Crippen molar-refractivity contribution >= 4 is 21.6 Å². The van der Waals surface area contributed by atoms with Gasteiger partial charge in [-0.15, -0.1) is 0 Å². The number of hydrogen-bond acceptors (Lipinski definition) is 2. The van der Waals surface area contributed by atoms with E-state index in [-0.39, 0.29) is 0 Å². The van der Waals surface area contributed by atoms with Crippen molar-refractivity contribution in [1.29, 1.82) is 0 Å². The predicted molar refractivity (Wildman–Crippen MR) is 68.5 cm³/mol. The van der Waals surface area contributed by atoms with Crippen LogP contribution in [-0.2, 0) is 10.0 Å². The van der Waals surface area contributed by atoms with Gasteiger partial charge in [-0.05, 0) is 43.9 Å². The Morgan fingerprint density at radius 2 is 2.12 bits per heavy atom. The van der Waals surface area contributed by atoms with E-state index < -0.39 is 10.0 Å². The zero-order chi connectivity index (χ0) is 12.5. The summed E-state index contributed by atoms with van der Waals surface area (Å²) in [7, 11) is -3.40. The van der Waals surface area contributed by atoms with Gasteiger partial charge in [0.25, 0.3) is 0 Å². The first-order valence-electron chi connectivity index (χ1n) is 5.60. The van der Waals surface area contributed by atoms with Gasteiger partial charge >= 0.3 is 0 Å². The molecule has 93 valence electrons. The van der Waals surface area contributed by atoms with Crippen molar-refractivity contribution in [3.05, 3.63) is 35.2 Å². The molecule has 1 saturated heterocycles. The van der Waals surface area contributed by atoms with Gasteiger partial charge in [-0.1, -0.05) is 17.7 Å². The van der Waals surface area contributed by atoms with E-state index in [1.165, 1.54) is 4.31 Å². The smallest absolute Gasteiger partial charge is 0.207 e. The van der Waals surface area contributed by atoms with Crippen LogP contribution in [-0.4, -0.2) is 25.8 Å². The van der Waals surface area contributed by atoms with Gasteiger partial charge in [-0.3, -0.25) is 0 Å². The Morgan fingerprint density at radius 1 is 1.35 bits per heavy atom. The number of sulfonamides is 1. The Hall–Kier alpha value is -0.580. The molecule has 0 saturated carbocycles. The monoisotopic (exact) mass is 272 g/mol. The number of nitrogens with zero attached hydrogens (tertiary/aromatic N) is 1. The highest BCUT2D eigenvalue weighted by Gasteiger charge is 2.27. The summed E-state index contributed by atoms with van der Waals surface area (Å²) in [6, 6.07) is 5.00. The first-order valence-corrected chi connectivity index (χ1v) is 7.42. The summed E-state index contributed by atoms with van der Waals surface area (Å²) in [5.74, 6) is 0. The van der Waals surface area contributed by atoms with Crippen LogP contribution in [0.5, 0.6) is 0 Å². The van der Waals surface area contributed by atoms with E-state index in [0.29, 0.717) is 28.6 Å². The SMILES string of the molecule is Cc1c(Cl)cccc1S(=O)(=O)N1C[CH]CCC1. The Labute approximate surface area is 107 Å². The van der Waals surface area contributed by atoms with E-state index in [1.807, 2.05) is 6.42 Å². The molecule has 1 fully saturated rings. The lowest BCUT2D eigenvalue weighted by molar-refractivity contribution is 0.391. The van der Waals surface area contributed by atoms with Crippen LogP contribution in [0.3, 0.4) is 0 Å². The van der Waals surface area contributed by atoms with E-state index in [9.17, 15) is 8.42 Å². The standard InChI is InChI=1S/C12H15ClNO2S/c1-10-11(13)6-5-7-12(10)17(15,16)14-8-3-2-4-9-14/h3,5-7H,2,4,8-9H2,1H3. The maximum Gasteiger partial charge on any atom is 0.243 e. The Bertz CT molecular complexity index is 507. The summed E-state index contributed by atoms with van der Waals surface area (Å²) in [5.41, 5.74) is 0.625. The average Bonchev–Trinajstić information content (AvgIpc) is 2.33. The molecule has 5 heteroatoms. The Kier molecular flexibility index (Phi) is 3.76. The molecule has 0 aliphatic carbocycles. The van der Waals surface area contributed by atoms with Crippen molar-refractivity contribution < 1.29 is 8.42 Å². The highest BCUT2D eigenvalue weighted by molar-refractivity contribution is 7.89. The summed E-state index contributed by atoms with van der Waals surface area (Å²) < 4.78 is 26.3. The first kappa shape index (κ1) is 12.9. The summed E-state index contributed by atoms with van der Waals surface area (Å²) >= 11 is 5.97. The number of hydrogen-bond donors (Lipinski definition) is 0. The third-order valence-electron chi connectivity index (χ3n) is 2.98. The van der Waals surface area contributed by atoms with Crippen LogP contribution in [0.25, 0.3) is 0 Å². The molecule has 0 N–H and O–H groups in total. The second-order valence-electron chi connectivity index (χ2n) is 4.16. The van der Waals surface area contributed by atoms with Crippen LogP contribution < -0.4 is 0 Å². The first-order chi connectivity index (χ1) is 8.03. The van der Waals surface area contributed by atoms with Gasteiger partial charge in [-0.25, -0.2) is 8.42 Å². The lowest BCUT2D eigenvalue weighted by atomic mass is 10.2. The predicted octanol–water partition coefficient (Wildman–Crippen LogP) is 2.64. The van der Waals surface area contributed by atoms with Gasteiger partial charge in [0.05, 0.1) is 4.90 Å². The van der Waals surface area contributed by atoms with Crippen LogP contribution in [0.1, 0.15) is 18.4 Å². The lowest BCUT2D eigenvalue weighted by Gasteiger charge is -2.26. The molecule has 0 bridgehead atoms. The molecular weight excluding hydrogens is 258 g/mol. The fourth-order valence-corrected chi connectivity index (χ4v) is 3.89. The Balaban J connectivity index is 2.40. The molecular formula is C12H15ClNO2S. The lowest BCUT2D eigenvalue weighted by Crippen LogP contribution is -2.36. The second kappa shape index (κ2) is 4.96. The molecule has 1 radical (unpaired) electrons. The van der Waals surface area contributed by atoms with Crippen molar-refractivity contribution in [2.75, 3.05) is 13.1 Å². The number of benzene rings is 1. The van der Waals surface area contributed by atoms with E-state index >= 15 is 0 Å². The molecule has 0 amide bonds. The van der Waals surface area contributed by atoms with Gasteiger partial charge in [-0.2, -0.15) is 4.31 Å². The Morgan fingerprint density at radius 3 is 2.76 bits per heavy atom. The molecule has 1 aliphatic heterocycles. The zero-order valence-electron chi connectivity index (χ0n) is 9.69.